The molecule has 0 amide bonds. The molecule has 126 valence electrons. The van der Waals surface area contributed by atoms with Crippen molar-refractivity contribution in [3.63, 3.8) is 0 Å². The second kappa shape index (κ2) is 6.71. The molecule has 0 saturated heterocycles. The van der Waals surface area contributed by atoms with Crippen LogP contribution in [0, 0.1) is 0 Å². The summed E-state index contributed by atoms with van der Waals surface area (Å²) in [6.45, 7) is 0.587. The molecule has 0 aliphatic rings. The SMILES string of the molecule is CN(CCn1cccn1)S(=O)(=O)c1ccc(CC(F)(F)F)cc1. The number of halogens is 3. The molecule has 0 aliphatic heterocycles. The van der Waals surface area contributed by atoms with E-state index in [0.29, 0.717) is 6.54 Å². The van der Waals surface area contributed by atoms with Gasteiger partial charge in [-0.05, 0) is 23.8 Å². The lowest BCUT2D eigenvalue weighted by molar-refractivity contribution is -0.127. The first-order chi connectivity index (χ1) is 10.7. The summed E-state index contributed by atoms with van der Waals surface area (Å²) < 4.78 is 64.4. The smallest absolute Gasteiger partial charge is 0.271 e. The Morgan fingerprint density at radius 3 is 2.39 bits per heavy atom. The van der Waals surface area contributed by atoms with Crippen LogP contribution in [0.1, 0.15) is 5.56 Å². The molecule has 23 heavy (non-hydrogen) atoms. The second-order valence-corrected chi connectivity index (χ2v) is 7.08. The van der Waals surface area contributed by atoms with E-state index in [1.807, 2.05) is 0 Å². The molecule has 1 aromatic heterocycles. The number of nitrogens with zero attached hydrogens (tertiary/aromatic N) is 3. The average Bonchev–Trinajstić information content (AvgIpc) is 2.96. The molecule has 9 heteroatoms. The van der Waals surface area contributed by atoms with Crippen LogP contribution in [0.25, 0.3) is 0 Å². The Kier molecular flexibility index (Phi) is 5.10. The van der Waals surface area contributed by atoms with Gasteiger partial charge >= 0.3 is 6.18 Å². The predicted octanol–water partition coefficient (Wildman–Crippen LogP) is 2.31. The second-order valence-electron chi connectivity index (χ2n) is 5.03. The van der Waals surface area contributed by atoms with E-state index in [1.165, 1.54) is 31.3 Å². The summed E-state index contributed by atoms with van der Waals surface area (Å²) in [4.78, 5) is -0.0358. The van der Waals surface area contributed by atoms with Gasteiger partial charge in [-0.25, -0.2) is 8.42 Å². The fraction of sp³-hybridized carbons (Fsp3) is 0.357. The van der Waals surface area contributed by atoms with Crippen LogP contribution in [0.3, 0.4) is 0 Å². The van der Waals surface area contributed by atoms with Crippen LogP contribution < -0.4 is 0 Å². The fourth-order valence-electron chi connectivity index (χ4n) is 1.99. The fourth-order valence-corrected chi connectivity index (χ4v) is 3.15. The van der Waals surface area contributed by atoms with E-state index < -0.39 is 22.6 Å². The molecule has 0 spiro atoms. The summed E-state index contributed by atoms with van der Waals surface area (Å²) in [6.07, 6.45) is -2.09. The van der Waals surface area contributed by atoms with Crippen LogP contribution in [-0.4, -0.2) is 42.3 Å². The molecular weight excluding hydrogens is 331 g/mol. The molecule has 0 saturated carbocycles. The number of likely N-dealkylation sites (N-methyl/N-ethyl adjacent to an activating group) is 1. The van der Waals surface area contributed by atoms with Gasteiger partial charge in [0.1, 0.15) is 0 Å². The first-order valence-electron chi connectivity index (χ1n) is 6.78. The first kappa shape index (κ1) is 17.5. The number of rotatable bonds is 6. The minimum atomic E-state index is -4.32. The molecule has 0 unspecified atom stereocenters. The molecule has 1 aromatic carbocycles. The van der Waals surface area contributed by atoms with Gasteiger partial charge in [-0.3, -0.25) is 4.68 Å². The van der Waals surface area contributed by atoms with Crippen molar-refractivity contribution in [2.24, 2.45) is 0 Å². The third-order valence-electron chi connectivity index (χ3n) is 3.24. The van der Waals surface area contributed by atoms with Crippen molar-refractivity contribution in [1.29, 1.82) is 0 Å². The summed E-state index contributed by atoms with van der Waals surface area (Å²) >= 11 is 0. The van der Waals surface area contributed by atoms with Gasteiger partial charge in [-0.1, -0.05) is 12.1 Å². The Morgan fingerprint density at radius 1 is 1.22 bits per heavy atom. The van der Waals surface area contributed by atoms with Gasteiger partial charge in [-0.2, -0.15) is 22.6 Å². The van der Waals surface area contributed by atoms with Gasteiger partial charge in [-0.15, -0.1) is 0 Å². The maximum atomic E-state index is 12.4. The maximum Gasteiger partial charge on any atom is 0.393 e. The maximum absolute atomic E-state index is 12.4. The molecule has 0 radical (unpaired) electrons. The minimum Gasteiger partial charge on any atom is -0.271 e. The Labute approximate surface area is 132 Å². The van der Waals surface area contributed by atoms with Crippen LogP contribution in [0.5, 0.6) is 0 Å². The third kappa shape index (κ3) is 4.80. The minimum absolute atomic E-state index is 0.0237. The van der Waals surface area contributed by atoms with E-state index in [-0.39, 0.29) is 17.0 Å². The number of sulfonamides is 1. The Hall–Kier alpha value is -1.87. The van der Waals surface area contributed by atoms with Crippen molar-refractivity contribution in [3.8, 4) is 0 Å². The highest BCUT2D eigenvalue weighted by Gasteiger charge is 2.28. The van der Waals surface area contributed by atoms with E-state index in [9.17, 15) is 21.6 Å². The third-order valence-corrected chi connectivity index (χ3v) is 5.11. The summed E-state index contributed by atoms with van der Waals surface area (Å²) in [5.74, 6) is 0. The quantitative estimate of drug-likeness (QED) is 0.806. The van der Waals surface area contributed by atoms with Crippen molar-refractivity contribution in [3.05, 3.63) is 48.3 Å². The molecule has 0 fully saturated rings. The summed E-state index contributed by atoms with van der Waals surface area (Å²) in [6, 6.07) is 6.49. The normalized spacial score (nSPS) is 12.7. The van der Waals surface area contributed by atoms with Gasteiger partial charge in [0.15, 0.2) is 0 Å². The topological polar surface area (TPSA) is 55.2 Å². The van der Waals surface area contributed by atoms with E-state index >= 15 is 0 Å². The molecule has 2 rings (SSSR count). The molecule has 0 atom stereocenters. The van der Waals surface area contributed by atoms with Gasteiger partial charge < -0.3 is 0 Å². The lowest BCUT2D eigenvalue weighted by atomic mass is 10.1. The lowest BCUT2D eigenvalue weighted by Gasteiger charge is -2.17. The Balaban J connectivity index is 2.06. The molecule has 0 N–H and O–H groups in total. The zero-order valence-electron chi connectivity index (χ0n) is 12.4. The monoisotopic (exact) mass is 347 g/mol. The molecule has 1 heterocycles. The van der Waals surface area contributed by atoms with Crippen molar-refractivity contribution < 1.29 is 21.6 Å². The number of hydrogen-bond donors (Lipinski definition) is 0. The van der Waals surface area contributed by atoms with Crippen LogP contribution >= 0.6 is 0 Å². The van der Waals surface area contributed by atoms with E-state index in [4.69, 9.17) is 0 Å². The molecule has 0 aliphatic carbocycles. The summed E-state index contributed by atoms with van der Waals surface area (Å²) in [7, 11) is -2.32. The highest BCUT2D eigenvalue weighted by molar-refractivity contribution is 7.89. The van der Waals surface area contributed by atoms with Crippen molar-refractivity contribution in [2.45, 2.75) is 24.0 Å². The molecule has 0 bridgehead atoms. The zero-order chi connectivity index (χ0) is 17.1. The molecule has 2 aromatic rings. The summed E-state index contributed by atoms with van der Waals surface area (Å²) in [5, 5.41) is 3.98. The average molecular weight is 347 g/mol. The van der Waals surface area contributed by atoms with Crippen molar-refractivity contribution in [1.82, 2.24) is 14.1 Å². The van der Waals surface area contributed by atoms with Crippen LogP contribution in [-0.2, 0) is 23.0 Å². The summed E-state index contributed by atoms with van der Waals surface area (Å²) in [5.41, 5.74) is 0.0237. The zero-order valence-corrected chi connectivity index (χ0v) is 13.2. The Morgan fingerprint density at radius 2 is 1.87 bits per heavy atom. The van der Waals surface area contributed by atoms with Crippen LogP contribution in [0.15, 0.2) is 47.6 Å². The number of alkyl halides is 3. The van der Waals surface area contributed by atoms with Gasteiger partial charge in [0.2, 0.25) is 10.0 Å². The van der Waals surface area contributed by atoms with E-state index in [0.717, 1.165) is 4.31 Å². The van der Waals surface area contributed by atoms with Crippen molar-refractivity contribution in [2.75, 3.05) is 13.6 Å². The van der Waals surface area contributed by atoms with Gasteiger partial charge in [0.25, 0.3) is 0 Å². The Bertz CT molecular complexity index is 726. The van der Waals surface area contributed by atoms with Crippen LogP contribution in [0.2, 0.25) is 0 Å². The van der Waals surface area contributed by atoms with Crippen LogP contribution in [0.4, 0.5) is 13.2 Å². The van der Waals surface area contributed by atoms with Gasteiger partial charge in [0.05, 0.1) is 17.9 Å². The molecule has 5 nitrogen and oxygen atoms in total. The highest BCUT2D eigenvalue weighted by Crippen LogP contribution is 2.22. The van der Waals surface area contributed by atoms with E-state index in [1.54, 1.807) is 23.1 Å². The van der Waals surface area contributed by atoms with E-state index in [2.05, 4.69) is 5.10 Å². The highest BCUT2D eigenvalue weighted by atomic mass is 32.2. The number of hydrogen-bond acceptors (Lipinski definition) is 3. The number of benzene rings is 1. The van der Waals surface area contributed by atoms with Gasteiger partial charge in [0, 0.05) is 26.0 Å². The van der Waals surface area contributed by atoms with Crippen molar-refractivity contribution >= 4 is 10.0 Å². The predicted molar refractivity (Wildman–Crippen MR) is 78.2 cm³/mol. The largest absolute Gasteiger partial charge is 0.393 e. The standard InChI is InChI=1S/C14H16F3N3O2S/c1-19(9-10-20-8-2-7-18-20)23(21,22)13-5-3-12(4-6-13)11-14(15,16)17/h2-8H,9-11H2,1H3. The first-order valence-corrected chi connectivity index (χ1v) is 8.22. The number of aromatic nitrogens is 2. The lowest BCUT2D eigenvalue weighted by Crippen LogP contribution is -2.30. The molecular formula is C14H16F3N3O2S.